The van der Waals surface area contributed by atoms with E-state index in [2.05, 4.69) is 20.4 Å². The molecule has 32 heavy (non-hydrogen) atoms. The second-order valence-electron chi connectivity index (χ2n) is 10.1. The van der Waals surface area contributed by atoms with Crippen LogP contribution in [0.4, 0.5) is 11.6 Å². The lowest BCUT2D eigenvalue weighted by Gasteiger charge is -2.54. The van der Waals surface area contributed by atoms with Gasteiger partial charge in [0.2, 0.25) is 5.95 Å². The lowest BCUT2D eigenvalue weighted by Crippen LogP contribution is -2.48. The Kier molecular flexibility index (Phi) is 3.67. The van der Waals surface area contributed by atoms with Gasteiger partial charge in [-0.15, -0.1) is 0 Å². The van der Waals surface area contributed by atoms with Crippen molar-refractivity contribution in [2.45, 2.75) is 45.1 Å². The van der Waals surface area contributed by atoms with Crippen LogP contribution >= 0.6 is 0 Å². The highest BCUT2D eigenvalue weighted by Crippen LogP contribution is 2.58. The van der Waals surface area contributed by atoms with E-state index in [9.17, 15) is 4.79 Å². The first-order valence-electron chi connectivity index (χ1n) is 11.6. The molecule has 164 valence electrons. The number of aromatic nitrogens is 7. The van der Waals surface area contributed by atoms with Crippen molar-refractivity contribution in [2.75, 3.05) is 5.32 Å². The maximum atomic E-state index is 13.4. The summed E-state index contributed by atoms with van der Waals surface area (Å²) >= 11 is 0. The molecule has 0 aliphatic heterocycles. The van der Waals surface area contributed by atoms with Crippen LogP contribution in [0.25, 0.3) is 16.8 Å². The number of aryl methyl sites for hydroxylation is 2. The number of nitrogens with one attached hydrogen (secondary N) is 1. The summed E-state index contributed by atoms with van der Waals surface area (Å²) in [5, 5.41) is 7.55. The van der Waals surface area contributed by atoms with E-state index in [-0.39, 0.29) is 11.7 Å². The SMILES string of the molecule is Cc1cc2ncnn2cc1Nc1ncc2c(n1)n(C1C3CC4CC(C3)CC1C4)c(=O)n2C. The molecule has 4 aliphatic rings. The van der Waals surface area contributed by atoms with Gasteiger partial charge in [-0.25, -0.2) is 19.3 Å². The highest BCUT2D eigenvalue weighted by Gasteiger charge is 2.50. The number of fused-ring (bicyclic) bond motifs is 2. The third-order valence-electron chi connectivity index (χ3n) is 8.18. The molecule has 0 unspecified atom stereocenters. The topological polar surface area (TPSA) is 94.9 Å². The van der Waals surface area contributed by atoms with Crippen LogP contribution < -0.4 is 11.0 Å². The highest BCUT2D eigenvalue weighted by molar-refractivity contribution is 5.73. The number of anilines is 2. The first-order chi connectivity index (χ1) is 15.5. The summed E-state index contributed by atoms with van der Waals surface area (Å²) in [5.41, 5.74) is 4.25. The van der Waals surface area contributed by atoms with E-state index in [1.807, 2.05) is 30.8 Å². The molecule has 9 heteroatoms. The van der Waals surface area contributed by atoms with Crippen molar-refractivity contribution in [3.63, 3.8) is 0 Å². The predicted molar refractivity (Wildman–Crippen MR) is 120 cm³/mol. The molecule has 0 atom stereocenters. The van der Waals surface area contributed by atoms with Crippen LogP contribution in [0.3, 0.4) is 0 Å². The Morgan fingerprint density at radius 1 is 1.06 bits per heavy atom. The minimum Gasteiger partial charge on any atom is -0.323 e. The number of imidazole rings is 1. The first kappa shape index (κ1) is 18.4. The lowest BCUT2D eigenvalue weighted by molar-refractivity contribution is -0.0291. The summed E-state index contributed by atoms with van der Waals surface area (Å²) in [6.45, 7) is 2.02. The lowest BCUT2D eigenvalue weighted by atomic mass is 9.54. The fraction of sp³-hybridized carbons (Fsp3) is 0.522. The molecule has 8 rings (SSSR count). The first-order valence-corrected chi connectivity index (χ1v) is 11.6. The minimum atomic E-state index is 0.0316. The second-order valence-corrected chi connectivity index (χ2v) is 10.1. The molecular weight excluding hydrogens is 404 g/mol. The average Bonchev–Trinajstić information content (AvgIpc) is 3.31. The number of hydrogen-bond donors (Lipinski definition) is 1. The standard InChI is InChI=1S/C23H26N8O/c1-12-3-19-25-11-26-30(19)10-17(12)27-22-24-9-18-21(28-22)31(23(32)29(18)2)20-15-5-13-4-14(7-15)8-16(20)6-13/h3,9-11,13-16,20H,4-8H2,1-2H3,(H,24,27,28). The molecule has 0 spiro atoms. The van der Waals surface area contributed by atoms with Crippen molar-refractivity contribution in [2.24, 2.45) is 30.7 Å². The summed E-state index contributed by atoms with van der Waals surface area (Å²) in [5.74, 6) is 3.40. The van der Waals surface area contributed by atoms with Gasteiger partial charge in [0.15, 0.2) is 11.3 Å². The van der Waals surface area contributed by atoms with Crippen molar-refractivity contribution in [3.8, 4) is 0 Å². The molecule has 0 saturated heterocycles. The van der Waals surface area contributed by atoms with Crippen molar-refractivity contribution < 1.29 is 0 Å². The van der Waals surface area contributed by atoms with Gasteiger partial charge in [0, 0.05) is 13.1 Å². The van der Waals surface area contributed by atoms with E-state index < -0.39 is 0 Å². The zero-order chi connectivity index (χ0) is 21.6. The summed E-state index contributed by atoms with van der Waals surface area (Å²) < 4.78 is 5.43. The number of pyridine rings is 1. The molecule has 1 N–H and O–H groups in total. The van der Waals surface area contributed by atoms with Crippen molar-refractivity contribution in [1.29, 1.82) is 0 Å². The third-order valence-corrected chi connectivity index (χ3v) is 8.18. The number of rotatable bonds is 3. The molecule has 4 aromatic rings. The molecule has 4 bridgehead atoms. The van der Waals surface area contributed by atoms with E-state index in [1.165, 1.54) is 38.4 Å². The Balaban J connectivity index is 1.32. The summed E-state index contributed by atoms with van der Waals surface area (Å²) in [6.07, 6.45) is 11.6. The fourth-order valence-corrected chi connectivity index (χ4v) is 6.99. The average molecular weight is 431 g/mol. The van der Waals surface area contributed by atoms with Gasteiger partial charge in [-0.2, -0.15) is 10.1 Å². The van der Waals surface area contributed by atoms with Gasteiger partial charge < -0.3 is 5.32 Å². The van der Waals surface area contributed by atoms with Gasteiger partial charge in [0.1, 0.15) is 11.8 Å². The van der Waals surface area contributed by atoms with Crippen LogP contribution in [-0.2, 0) is 7.05 Å². The monoisotopic (exact) mass is 430 g/mol. The molecular formula is C23H26N8O. The number of hydrogen-bond acceptors (Lipinski definition) is 6. The van der Waals surface area contributed by atoms with Crippen molar-refractivity contribution in [1.82, 2.24) is 33.7 Å². The van der Waals surface area contributed by atoms with Crippen molar-refractivity contribution >= 4 is 28.4 Å². The Morgan fingerprint density at radius 3 is 2.56 bits per heavy atom. The number of nitrogens with zero attached hydrogens (tertiary/aromatic N) is 7. The molecule has 4 aliphatic carbocycles. The molecule has 0 radical (unpaired) electrons. The highest BCUT2D eigenvalue weighted by atomic mass is 16.1. The minimum absolute atomic E-state index is 0.0316. The van der Waals surface area contributed by atoms with Crippen LogP contribution in [-0.4, -0.2) is 33.7 Å². The normalized spacial score (nSPS) is 28.8. The van der Waals surface area contributed by atoms with Gasteiger partial charge in [0.05, 0.1) is 18.1 Å². The molecule has 4 saturated carbocycles. The Labute approximate surface area is 184 Å². The molecule has 0 aromatic carbocycles. The van der Waals surface area contributed by atoms with E-state index in [0.717, 1.165) is 39.9 Å². The van der Waals surface area contributed by atoms with Crippen LogP contribution in [0.5, 0.6) is 0 Å². The van der Waals surface area contributed by atoms with Crippen LogP contribution in [0.1, 0.15) is 43.7 Å². The molecule has 9 nitrogen and oxygen atoms in total. The zero-order valence-electron chi connectivity index (χ0n) is 18.3. The fourth-order valence-electron chi connectivity index (χ4n) is 6.99. The van der Waals surface area contributed by atoms with E-state index >= 15 is 0 Å². The Bertz CT molecular complexity index is 1400. The van der Waals surface area contributed by atoms with Gasteiger partial charge in [0.25, 0.3) is 0 Å². The van der Waals surface area contributed by atoms with Crippen LogP contribution in [0, 0.1) is 30.6 Å². The molecule has 4 fully saturated rings. The van der Waals surface area contributed by atoms with Gasteiger partial charge in [-0.1, -0.05) is 0 Å². The van der Waals surface area contributed by atoms with Gasteiger partial charge >= 0.3 is 5.69 Å². The van der Waals surface area contributed by atoms with Crippen LogP contribution in [0.15, 0.2) is 29.6 Å². The van der Waals surface area contributed by atoms with E-state index in [4.69, 9.17) is 4.98 Å². The van der Waals surface area contributed by atoms with E-state index in [1.54, 1.807) is 15.3 Å². The van der Waals surface area contributed by atoms with E-state index in [0.29, 0.717) is 17.8 Å². The summed E-state index contributed by atoms with van der Waals surface area (Å²) in [4.78, 5) is 27.0. The Morgan fingerprint density at radius 2 is 1.81 bits per heavy atom. The summed E-state index contributed by atoms with van der Waals surface area (Å²) in [6, 6.07) is 2.23. The molecule has 0 amide bonds. The summed E-state index contributed by atoms with van der Waals surface area (Å²) in [7, 11) is 1.83. The quantitative estimate of drug-likeness (QED) is 0.536. The predicted octanol–water partition coefficient (Wildman–Crippen LogP) is 3.22. The molecule has 4 aromatic heterocycles. The van der Waals surface area contributed by atoms with Crippen molar-refractivity contribution in [3.05, 3.63) is 40.8 Å². The third kappa shape index (κ3) is 2.53. The maximum Gasteiger partial charge on any atom is 0.330 e. The van der Waals surface area contributed by atoms with Crippen LogP contribution in [0.2, 0.25) is 0 Å². The van der Waals surface area contributed by atoms with Gasteiger partial charge in [-0.05, 0) is 74.3 Å². The Hall–Kier alpha value is -3.23. The van der Waals surface area contributed by atoms with Gasteiger partial charge in [-0.3, -0.25) is 9.13 Å². The zero-order valence-corrected chi connectivity index (χ0v) is 18.3. The molecule has 4 heterocycles. The second kappa shape index (κ2) is 6.40. The largest absolute Gasteiger partial charge is 0.330 e. The smallest absolute Gasteiger partial charge is 0.323 e. The maximum absolute atomic E-state index is 13.4.